The molecule has 1 aromatic carbocycles. The molecule has 1 fully saturated rings. The molecule has 1 aromatic rings. The number of methoxy groups -OCH3 is 2. The Morgan fingerprint density at radius 1 is 1.24 bits per heavy atom. The van der Waals surface area contributed by atoms with Gasteiger partial charge in [-0.3, -0.25) is 0 Å². The zero-order valence-corrected chi connectivity index (χ0v) is 10.9. The minimum absolute atomic E-state index is 0.199. The average Bonchev–Trinajstić information content (AvgIpc) is 3.17. The Hall–Kier alpha value is -1.22. The molecular weight excluding hydrogens is 214 g/mol. The smallest absolute Gasteiger partial charge is 0.164 e. The second kappa shape index (κ2) is 4.57. The Labute approximate surface area is 103 Å². The third-order valence-corrected chi connectivity index (χ3v) is 3.82. The number of rotatable bonds is 5. The second-order valence-electron chi connectivity index (χ2n) is 4.67. The number of benzene rings is 1. The lowest BCUT2D eigenvalue weighted by Gasteiger charge is -2.21. The zero-order chi connectivity index (χ0) is 12.5. The fraction of sp³-hybridized carbons (Fsp3) is 0.571. The van der Waals surface area contributed by atoms with Crippen LogP contribution in [0.1, 0.15) is 30.9 Å². The normalized spacial score (nSPS) is 16.7. The molecule has 3 heteroatoms. The van der Waals surface area contributed by atoms with Crippen LogP contribution in [-0.2, 0) is 11.8 Å². The van der Waals surface area contributed by atoms with E-state index >= 15 is 0 Å². The molecule has 0 unspecified atom stereocenters. The molecule has 3 nitrogen and oxygen atoms in total. The minimum Gasteiger partial charge on any atom is -0.493 e. The summed E-state index contributed by atoms with van der Waals surface area (Å²) in [6, 6.07) is 4.14. The Morgan fingerprint density at radius 2 is 1.94 bits per heavy atom. The summed E-state index contributed by atoms with van der Waals surface area (Å²) in [5.74, 6) is 1.67. The van der Waals surface area contributed by atoms with Crippen LogP contribution in [0.5, 0.6) is 11.5 Å². The first-order valence-electron chi connectivity index (χ1n) is 6.16. The van der Waals surface area contributed by atoms with Gasteiger partial charge in [-0.1, -0.05) is 13.0 Å². The van der Waals surface area contributed by atoms with Crippen LogP contribution in [0.2, 0.25) is 0 Å². The molecule has 0 aromatic heterocycles. The SMILES string of the molecule is CCc1c(C2(CN)CC2)ccc(OC)c1OC. The van der Waals surface area contributed by atoms with E-state index in [2.05, 4.69) is 13.0 Å². The Balaban J connectivity index is 2.54. The maximum absolute atomic E-state index is 5.91. The van der Waals surface area contributed by atoms with Crippen LogP contribution >= 0.6 is 0 Å². The summed E-state index contributed by atoms with van der Waals surface area (Å²) in [5.41, 5.74) is 8.71. The third kappa shape index (κ3) is 1.89. The van der Waals surface area contributed by atoms with Gasteiger partial charge in [0.05, 0.1) is 14.2 Å². The van der Waals surface area contributed by atoms with E-state index in [0.717, 1.165) is 24.5 Å². The molecule has 0 saturated heterocycles. The highest BCUT2D eigenvalue weighted by Gasteiger charge is 2.44. The van der Waals surface area contributed by atoms with Crippen molar-refractivity contribution in [3.63, 3.8) is 0 Å². The van der Waals surface area contributed by atoms with Gasteiger partial charge in [-0.05, 0) is 30.9 Å². The topological polar surface area (TPSA) is 44.5 Å². The molecule has 1 saturated carbocycles. The van der Waals surface area contributed by atoms with Gasteiger partial charge >= 0.3 is 0 Å². The number of hydrogen-bond donors (Lipinski definition) is 1. The van der Waals surface area contributed by atoms with E-state index in [4.69, 9.17) is 15.2 Å². The van der Waals surface area contributed by atoms with Crippen molar-refractivity contribution < 1.29 is 9.47 Å². The quantitative estimate of drug-likeness (QED) is 0.851. The summed E-state index contributed by atoms with van der Waals surface area (Å²) in [7, 11) is 3.37. The predicted octanol–water partition coefficient (Wildman–Crippen LogP) is 2.26. The van der Waals surface area contributed by atoms with E-state index in [1.54, 1.807) is 14.2 Å². The van der Waals surface area contributed by atoms with E-state index in [1.807, 2.05) is 6.07 Å². The van der Waals surface area contributed by atoms with Crippen LogP contribution in [0.3, 0.4) is 0 Å². The number of nitrogens with two attached hydrogens (primary N) is 1. The van der Waals surface area contributed by atoms with Crippen LogP contribution in [0.4, 0.5) is 0 Å². The molecule has 0 amide bonds. The van der Waals surface area contributed by atoms with Gasteiger partial charge in [0.1, 0.15) is 0 Å². The maximum Gasteiger partial charge on any atom is 0.164 e. The van der Waals surface area contributed by atoms with Gasteiger partial charge in [-0.15, -0.1) is 0 Å². The van der Waals surface area contributed by atoms with E-state index in [-0.39, 0.29) is 5.41 Å². The van der Waals surface area contributed by atoms with E-state index in [1.165, 1.54) is 24.0 Å². The van der Waals surface area contributed by atoms with Crippen molar-refractivity contribution in [3.05, 3.63) is 23.3 Å². The molecule has 2 rings (SSSR count). The highest BCUT2D eigenvalue weighted by Crippen LogP contribution is 2.51. The molecule has 17 heavy (non-hydrogen) atoms. The van der Waals surface area contributed by atoms with Crippen molar-refractivity contribution in [2.75, 3.05) is 20.8 Å². The average molecular weight is 235 g/mol. The fourth-order valence-corrected chi connectivity index (χ4v) is 2.57. The van der Waals surface area contributed by atoms with Gasteiger partial charge in [-0.25, -0.2) is 0 Å². The van der Waals surface area contributed by atoms with Gasteiger partial charge < -0.3 is 15.2 Å². The van der Waals surface area contributed by atoms with Gasteiger partial charge in [0.15, 0.2) is 11.5 Å². The van der Waals surface area contributed by atoms with E-state index in [0.29, 0.717) is 0 Å². The molecule has 0 spiro atoms. The van der Waals surface area contributed by atoms with Gasteiger partial charge in [0, 0.05) is 17.5 Å². The lowest BCUT2D eigenvalue weighted by molar-refractivity contribution is 0.350. The summed E-state index contributed by atoms with van der Waals surface area (Å²) in [6.45, 7) is 2.86. The first-order chi connectivity index (χ1) is 8.22. The van der Waals surface area contributed by atoms with Crippen LogP contribution in [0.25, 0.3) is 0 Å². The molecule has 0 atom stereocenters. The van der Waals surface area contributed by atoms with Gasteiger partial charge in [0.2, 0.25) is 0 Å². The molecule has 0 bridgehead atoms. The summed E-state index contributed by atoms with van der Waals surface area (Å²) >= 11 is 0. The number of hydrogen-bond acceptors (Lipinski definition) is 3. The van der Waals surface area contributed by atoms with Gasteiger partial charge in [0.25, 0.3) is 0 Å². The minimum atomic E-state index is 0.199. The van der Waals surface area contributed by atoms with Gasteiger partial charge in [-0.2, -0.15) is 0 Å². The highest BCUT2D eigenvalue weighted by molar-refractivity contribution is 5.54. The molecular formula is C14H21NO2. The predicted molar refractivity (Wildman–Crippen MR) is 68.9 cm³/mol. The monoisotopic (exact) mass is 235 g/mol. The van der Waals surface area contributed by atoms with E-state index < -0.39 is 0 Å². The molecule has 0 heterocycles. The van der Waals surface area contributed by atoms with Crippen molar-refractivity contribution in [1.82, 2.24) is 0 Å². The fourth-order valence-electron chi connectivity index (χ4n) is 2.57. The summed E-state index contributed by atoms with van der Waals surface area (Å²) < 4.78 is 10.8. The Bertz CT molecular complexity index is 411. The Kier molecular flexibility index (Phi) is 3.29. The lowest BCUT2D eigenvalue weighted by Crippen LogP contribution is -2.21. The molecule has 1 aliphatic carbocycles. The third-order valence-electron chi connectivity index (χ3n) is 3.82. The van der Waals surface area contributed by atoms with Crippen LogP contribution < -0.4 is 15.2 Å². The first kappa shape index (κ1) is 12.2. The molecule has 94 valence electrons. The molecule has 2 N–H and O–H groups in total. The first-order valence-corrected chi connectivity index (χ1v) is 6.16. The van der Waals surface area contributed by atoms with E-state index in [9.17, 15) is 0 Å². The van der Waals surface area contributed by atoms with Crippen molar-refractivity contribution in [2.45, 2.75) is 31.6 Å². The highest BCUT2D eigenvalue weighted by atomic mass is 16.5. The largest absolute Gasteiger partial charge is 0.493 e. The van der Waals surface area contributed by atoms with Crippen LogP contribution in [0.15, 0.2) is 12.1 Å². The Morgan fingerprint density at radius 3 is 2.35 bits per heavy atom. The van der Waals surface area contributed by atoms with Crippen LogP contribution in [0, 0.1) is 0 Å². The van der Waals surface area contributed by atoms with Crippen LogP contribution in [-0.4, -0.2) is 20.8 Å². The molecule has 1 aliphatic rings. The molecule has 0 aliphatic heterocycles. The molecule has 0 radical (unpaired) electrons. The number of ether oxygens (including phenoxy) is 2. The zero-order valence-electron chi connectivity index (χ0n) is 10.9. The lowest BCUT2D eigenvalue weighted by atomic mass is 9.89. The van der Waals surface area contributed by atoms with Crippen molar-refractivity contribution in [2.24, 2.45) is 5.73 Å². The van der Waals surface area contributed by atoms with Crippen molar-refractivity contribution in [3.8, 4) is 11.5 Å². The standard InChI is InChI=1S/C14H21NO2/c1-4-10-11(14(9-15)7-8-14)5-6-12(16-2)13(10)17-3/h5-6H,4,7-9,15H2,1-3H3. The summed E-state index contributed by atoms with van der Waals surface area (Å²) in [6.07, 6.45) is 3.31. The summed E-state index contributed by atoms with van der Waals surface area (Å²) in [4.78, 5) is 0. The maximum atomic E-state index is 5.91. The summed E-state index contributed by atoms with van der Waals surface area (Å²) in [5, 5.41) is 0. The van der Waals surface area contributed by atoms with Crippen molar-refractivity contribution >= 4 is 0 Å². The second-order valence-corrected chi connectivity index (χ2v) is 4.67. The van der Waals surface area contributed by atoms with Crippen molar-refractivity contribution in [1.29, 1.82) is 0 Å².